The largest absolute Gasteiger partial charge is 1.00 e. The van der Waals surface area contributed by atoms with E-state index in [-0.39, 0.29) is 32.6 Å². The molecule has 0 heterocycles. The second-order valence-corrected chi connectivity index (χ2v) is 11.0. The Hall–Kier alpha value is -0.297. The third-order valence-corrected chi connectivity index (χ3v) is 11.0. The molecule has 0 aromatic heterocycles. The molecule has 0 radical (unpaired) electrons. The molecule has 3 heteroatoms. The molecule has 0 aromatic rings. The van der Waals surface area contributed by atoms with Crippen molar-refractivity contribution in [1.82, 2.24) is 0 Å². The van der Waals surface area contributed by atoms with Crippen molar-refractivity contribution >= 4 is 0 Å². The zero-order chi connectivity index (χ0) is 12.7. The van der Waals surface area contributed by atoms with Crippen molar-refractivity contribution in [3.05, 3.63) is 48.6 Å². The third-order valence-electron chi connectivity index (χ3n) is 5.57. The fraction of sp³-hybridized carbons (Fsp3) is 0.556. The fourth-order valence-corrected chi connectivity index (χ4v) is 10.4. The Morgan fingerprint density at radius 2 is 1.00 bits per heavy atom. The molecule has 2 saturated carbocycles. The second-order valence-electron chi connectivity index (χ2n) is 6.56. The van der Waals surface area contributed by atoms with E-state index in [1.165, 1.54) is 25.7 Å². The van der Waals surface area contributed by atoms with E-state index in [9.17, 15) is 0 Å². The van der Waals surface area contributed by atoms with E-state index in [0.717, 1.165) is 30.9 Å². The van der Waals surface area contributed by atoms with Crippen molar-refractivity contribution in [3.63, 3.8) is 0 Å². The summed E-state index contributed by atoms with van der Waals surface area (Å²) in [5.41, 5.74) is 0. The van der Waals surface area contributed by atoms with Crippen LogP contribution in [0.2, 0.25) is 7.25 Å². The molecule has 2 fully saturated rings. The molecule has 21 heavy (non-hydrogen) atoms. The van der Waals surface area contributed by atoms with Crippen LogP contribution in [0.3, 0.4) is 0 Å². The summed E-state index contributed by atoms with van der Waals surface area (Å²) in [6.07, 6.45) is 25.2. The Labute approximate surface area is 137 Å². The van der Waals surface area contributed by atoms with Crippen LogP contribution in [0.4, 0.5) is 0 Å². The molecular formula is C18H22F2Zr. The molecule has 0 aliphatic heterocycles. The normalized spacial score (nSPS) is 41.7. The fourth-order valence-electron chi connectivity index (χ4n) is 4.58. The monoisotopic (exact) mass is 366 g/mol. The van der Waals surface area contributed by atoms with Crippen LogP contribution in [0.25, 0.3) is 0 Å². The van der Waals surface area contributed by atoms with Crippen LogP contribution in [0.5, 0.6) is 0 Å². The number of allylic oxidation sites excluding steroid dienone is 8. The van der Waals surface area contributed by atoms with Gasteiger partial charge in [0, 0.05) is 0 Å². The number of halogens is 2. The predicted octanol–water partition coefficient (Wildman–Crippen LogP) is -1.04. The smallest absolute Gasteiger partial charge is 1.00 e. The molecule has 0 amide bonds. The molecule has 6 unspecified atom stereocenters. The first kappa shape index (κ1) is 17.1. The van der Waals surface area contributed by atoms with Crippen molar-refractivity contribution in [2.45, 2.75) is 32.9 Å². The minimum absolute atomic E-state index is 0. The van der Waals surface area contributed by atoms with E-state index in [1.54, 1.807) is 0 Å². The van der Waals surface area contributed by atoms with Gasteiger partial charge in [-0.1, -0.05) is 0 Å². The van der Waals surface area contributed by atoms with Crippen molar-refractivity contribution in [3.8, 4) is 0 Å². The molecule has 6 atom stereocenters. The van der Waals surface area contributed by atoms with Gasteiger partial charge >= 0.3 is 128 Å². The topological polar surface area (TPSA) is 0 Å². The number of rotatable bonds is 2. The van der Waals surface area contributed by atoms with E-state index in [2.05, 4.69) is 48.6 Å². The van der Waals surface area contributed by atoms with E-state index >= 15 is 0 Å². The molecule has 0 nitrogen and oxygen atoms in total. The number of hydrogen-bond donors (Lipinski definition) is 0. The van der Waals surface area contributed by atoms with E-state index < -0.39 is 0 Å². The third kappa shape index (κ3) is 3.23. The van der Waals surface area contributed by atoms with Crippen molar-refractivity contribution in [2.75, 3.05) is 0 Å². The van der Waals surface area contributed by atoms with Gasteiger partial charge in [0.2, 0.25) is 0 Å². The SMILES string of the molecule is C1=CC2CC[CH]([Zr+2][CH]3CCC4C=CC=CC43)C2C=C1.[F-].[F-]. The van der Waals surface area contributed by atoms with Gasteiger partial charge in [0.05, 0.1) is 0 Å². The molecular weight excluding hydrogens is 345 g/mol. The van der Waals surface area contributed by atoms with Crippen LogP contribution in [0.1, 0.15) is 25.7 Å². The molecule has 0 N–H and O–H groups in total. The van der Waals surface area contributed by atoms with Crippen LogP contribution in [-0.4, -0.2) is 0 Å². The van der Waals surface area contributed by atoms with Crippen LogP contribution < -0.4 is 9.41 Å². The zero-order valence-corrected chi connectivity index (χ0v) is 14.6. The summed E-state index contributed by atoms with van der Waals surface area (Å²) < 4.78 is 2.25. The summed E-state index contributed by atoms with van der Waals surface area (Å²) >= 11 is -0.253. The Morgan fingerprint density at radius 3 is 1.48 bits per heavy atom. The van der Waals surface area contributed by atoms with Gasteiger partial charge in [0.1, 0.15) is 0 Å². The maximum absolute atomic E-state index is 2.53. The molecule has 4 rings (SSSR count). The van der Waals surface area contributed by atoms with Crippen LogP contribution in [0.15, 0.2) is 48.6 Å². The van der Waals surface area contributed by atoms with Gasteiger partial charge < -0.3 is 9.41 Å². The van der Waals surface area contributed by atoms with E-state index in [1.807, 2.05) is 0 Å². The average molecular weight is 368 g/mol. The minimum Gasteiger partial charge on any atom is -1.00 e. The average Bonchev–Trinajstić information content (AvgIpc) is 3.05. The molecule has 0 aromatic carbocycles. The summed E-state index contributed by atoms with van der Waals surface area (Å²) in [6.45, 7) is 0. The van der Waals surface area contributed by atoms with Gasteiger partial charge in [-0.25, -0.2) is 0 Å². The van der Waals surface area contributed by atoms with Gasteiger partial charge in [0.25, 0.3) is 0 Å². The van der Waals surface area contributed by atoms with Gasteiger partial charge in [0.15, 0.2) is 0 Å². The summed E-state index contributed by atoms with van der Waals surface area (Å²) in [5.74, 6) is 3.65. The van der Waals surface area contributed by atoms with Crippen LogP contribution >= 0.6 is 0 Å². The first-order valence-electron chi connectivity index (χ1n) is 7.88. The van der Waals surface area contributed by atoms with Crippen molar-refractivity contribution in [1.29, 1.82) is 0 Å². The molecule has 4 aliphatic rings. The van der Waals surface area contributed by atoms with Gasteiger partial charge in [-0.2, -0.15) is 0 Å². The van der Waals surface area contributed by atoms with Gasteiger partial charge in [-0.05, 0) is 0 Å². The molecule has 112 valence electrons. The molecule has 0 saturated heterocycles. The zero-order valence-electron chi connectivity index (χ0n) is 12.2. The Morgan fingerprint density at radius 1 is 0.571 bits per heavy atom. The minimum atomic E-state index is -0.253. The van der Waals surface area contributed by atoms with Gasteiger partial charge in [-0.15, -0.1) is 0 Å². The maximum Gasteiger partial charge on any atom is -1.00 e. The maximum atomic E-state index is 2.53. The molecule has 0 bridgehead atoms. The first-order chi connectivity index (χ1) is 9.42. The van der Waals surface area contributed by atoms with Crippen LogP contribution in [0, 0.1) is 23.7 Å². The summed E-state index contributed by atoms with van der Waals surface area (Å²) in [4.78, 5) is 0. The van der Waals surface area contributed by atoms with Crippen molar-refractivity contribution in [2.24, 2.45) is 23.7 Å². The summed E-state index contributed by atoms with van der Waals surface area (Å²) in [7, 11) is 0. The van der Waals surface area contributed by atoms with E-state index in [4.69, 9.17) is 0 Å². The number of hydrogen-bond acceptors (Lipinski definition) is 0. The standard InChI is InChI=1S/2C9H11.2FH.Zr/c2*1-2-5-9-7-3-6-8(9)4-1;;;/h2*1-2,4-6,8-9H,3,7H2;2*1H;/q;;;;+2/p-2. The summed E-state index contributed by atoms with van der Waals surface area (Å²) in [5, 5.41) is 0. The van der Waals surface area contributed by atoms with E-state index in [0.29, 0.717) is 0 Å². The number of fused-ring (bicyclic) bond motifs is 2. The Balaban J connectivity index is 0.000000807. The van der Waals surface area contributed by atoms with Crippen molar-refractivity contribution < 1.29 is 32.6 Å². The predicted molar refractivity (Wildman–Crippen MR) is 76.5 cm³/mol. The van der Waals surface area contributed by atoms with Crippen LogP contribution in [-0.2, 0) is 23.2 Å². The first-order valence-corrected chi connectivity index (χ1v) is 10.7. The second kappa shape index (κ2) is 7.31. The quantitative estimate of drug-likeness (QED) is 0.585. The summed E-state index contributed by atoms with van der Waals surface area (Å²) in [6, 6.07) is 0. The Bertz CT molecular complexity index is 424. The molecule has 4 aliphatic carbocycles. The molecule has 0 spiro atoms. The Kier molecular flexibility index (Phi) is 5.94. The van der Waals surface area contributed by atoms with Gasteiger partial charge in [-0.3, -0.25) is 0 Å².